The van der Waals surface area contributed by atoms with Gasteiger partial charge < -0.3 is 4.74 Å². The second kappa shape index (κ2) is 7.47. The van der Waals surface area contributed by atoms with E-state index < -0.39 is 0 Å². The third-order valence-corrected chi connectivity index (χ3v) is 4.83. The third kappa shape index (κ3) is 3.73. The summed E-state index contributed by atoms with van der Waals surface area (Å²) in [4.78, 5) is 15.4. The van der Waals surface area contributed by atoms with Gasteiger partial charge in [-0.1, -0.05) is 0 Å². The third-order valence-electron chi connectivity index (χ3n) is 4.83. The summed E-state index contributed by atoms with van der Waals surface area (Å²) in [6.45, 7) is 7.57. The van der Waals surface area contributed by atoms with Crippen molar-refractivity contribution in [3.8, 4) is 0 Å². The maximum absolute atomic E-state index is 5.95. The van der Waals surface area contributed by atoms with E-state index in [0.717, 1.165) is 61.8 Å². The van der Waals surface area contributed by atoms with Crippen LogP contribution in [-0.2, 0) is 17.7 Å². The molecule has 4 rings (SSSR count). The van der Waals surface area contributed by atoms with Gasteiger partial charge in [0.05, 0.1) is 18.9 Å². The minimum Gasteiger partial charge on any atom is -0.376 e. The van der Waals surface area contributed by atoms with Crippen LogP contribution in [-0.4, -0.2) is 55.3 Å². The Bertz CT molecular complexity index is 878. The van der Waals surface area contributed by atoms with Crippen molar-refractivity contribution in [1.29, 1.82) is 0 Å². The van der Waals surface area contributed by atoms with Gasteiger partial charge in [-0.05, 0) is 38.8 Å². The van der Waals surface area contributed by atoms with E-state index in [1.54, 1.807) is 12.5 Å². The number of hydrogen-bond donors (Lipinski definition) is 0. The van der Waals surface area contributed by atoms with Crippen molar-refractivity contribution in [3.05, 3.63) is 53.5 Å². The van der Waals surface area contributed by atoms with E-state index in [2.05, 4.69) is 37.9 Å². The summed E-state index contributed by atoms with van der Waals surface area (Å²) in [6.07, 6.45) is 7.46. The summed E-state index contributed by atoms with van der Waals surface area (Å²) in [5.41, 5.74) is 5.35. The van der Waals surface area contributed by atoms with Crippen molar-refractivity contribution >= 4 is 5.65 Å². The molecule has 1 fully saturated rings. The van der Waals surface area contributed by atoms with E-state index in [4.69, 9.17) is 4.74 Å². The monoisotopic (exact) mass is 352 g/mol. The second-order valence-corrected chi connectivity index (χ2v) is 6.91. The summed E-state index contributed by atoms with van der Waals surface area (Å²) in [7, 11) is 0. The molecule has 0 aliphatic carbocycles. The van der Waals surface area contributed by atoms with Crippen LogP contribution >= 0.6 is 0 Å². The van der Waals surface area contributed by atoms with Crippen molar-refractivity contribution < 1.29 is 4.74 Å². The maximum atomic E-state index is 5.95. The predicted molar refractivity (Wildman–Crippen MR) is 97.8 cm³/mol. The Kier molecular flexibility index (Phi) is 4.90. The highest BCUT2D eigenvalue weighted by atomic mass is 16.5. The van der Waals surface area contributed by atoms with E-state index >= 15 is 0 Å². The summed E-state index contributed by atoms with van der Waals surface area (Å²) < 4.78 is 7.88. The minimum atomic E-state index is 0.233. The Hall–Kier alpha value is -2.38. The van der Waals surface area contributed by atoms with Crippen molar-refractivity contribution in [1.82, 2.24) is 29.5 Å². The molecule has 1 aliphatic heterocycles. The summed E-state index contributed by atoms with van der Waals surface area (Å²) >= 11 is 0. The van der Waals surface area contributed by atoms with Crippen molar-refractivity contribution in [2.75, 3.05) is 19.7 Å². The average Bonchev–Trinajstić information content (AvgIpc) is 3.04. The molecule has 3 aromatic rings. The number of fused-ring (bicyclic) bond motifs is 1. The number of ether oxygens (including phenoxy) is 1. The normalized spacial score (nSPS) is 18.5. The van der Waals surface area contributed by atoms with Gasteiger partial charge in [-0.25, -0.2) is 19.5 Å². The second-order valence-electron chi connectivity index (χ2n) is 6.91. The highest BCUT2D eigenvalue weighted by Gasteiger charge is 2.22. The lowest BCUT2D eigenvalue weighted by molar-refractivity contribution is -0.0345. The Morgan fingerprint density at radius 3 is 3.08 bits per heavy atom. The van der Waals surface area contributed by atoms with E-state index in [1.165, 1.54) is 5.56 Å². The van der Waals surface area contributed by atoms with Crippen LogP contribution in [0.25, 0.3) is 5.65 Å². The summed E-state index contributed by atoms with van der Waals surface area (Å²) in [5.74, 6) is 0. The van der Waals surface area contributed by atoms with Gasteiger partial charge in [0, 0.05) is 48.5 Å². The molecular formula is C19H24N6O. The van der Waals surface area contributed by atoms with Gasteiger partial charge in [-0.3, -0.25) is 4.90 Å². The molecule has 1 unspecified atom stereocenters. The van der Waals surface area contributed by atoms with E-state index in [-0.39, 0.29) is 6.10 Å². The quantitative estimate of drug-likeness (QED) is 0.699. The topological polar surface area (TPSA) is 68.4 Å². The molecule has 3 aromatic heterocycles. The van der Waals surface area contributed by atoms with Gasteiger partial charge >= 0.3 is 0 Å². The fourth-order valence-corrected chi connectivity index (χ4v) is 3.54. The zero-order chi connectivity index (χ0) is 17.9. The molecule has 0 amide bonds. The lowest BCUT2D eigenvalue weighted by atomic mass is 10.1. The van der Waals surface area contributed by atoms with Crippen LogP contribution in [0.3, 0.4) is 0 Å². The molecule has 7 nitrogen and oxygen atoms in total. The highest BCUT2D eigenvalue weighted by Crippen LogP contribution is 2.17. The lowest BCUT2D eigenvalue weighted by Gasteiger charge is -2.32. The summed E-state index contributed by atoms with van der Waals surface area (Å²) in [5, 5.41) is 4.50. The van der Waals surface area contributed by atoms with Crippen LogP contribution in [0.5, 0.6) is 0 Å². The van der Waals surface area contributed by atoms with Crippen LogP contribution in [0.15, 0.2) is 30.9 Å². The van der Waals surface area contributed by atoms with Crippen molar-refractivity contribution in [2.24, 2.45) is 0 Å². The zero-order valence-electron chi connectivity index (χ0n) is 15.3. The molecule has 0 bridgehead atoms. The number of aryl methyl sites for hydroxylation is 3. The SMILES string of the molecule is Cc1cc(C)n2ncc(CN3CCOC(CCc4ccncn4)C3)c2n1. The minimum absolute atomic E-state index is 0.233. The standard InChI is InChI=1S/C19H24N6O/c1-14-9-15(2)25-19(23-14)16(10-22-25)11-24-7-8-26-18(12-24)4-3-17-5-6-20-13-21-17/h5-6,9-10,13,18H,3-4,7-8,11-12H2,1-2H3. The Morgan fingerprint density at radius 2 is 2.23 bits per heavy atom. The number of hydrogen-bond acceptors (Lipinski definition) is 6. The smallest absolute Gasteiger partial charge is 0.159 e. The molecule has 0 saturated carbocycles. The maximum Gasteiger partial charge on any atom is 0.159 e. The summed E-state index contributed by atoms with van der Waals surface area (Å²) in [6, 6.07) is 4.03. The first kappa shape index (κ1) is 17.1. The van der Waals surface area contributed by atoms with Gasteiger partial charge in [0.15, 0.2) is 5.65 Å². The molecule has 1 atom stereocenters. The van der Waals surface area contributed by atoms with Gasteiger partial charge in [0.2, 0.25) is 0 Å². The molecule has 1 saturated heterocycles. The molecule has 7 heteroatoms. The fourth-order valence-electron chi connectivity index (χ4n) is 3.54. The Morgan fingerprint density at radius 1 is 1.31 bits per heavy atom. The van der Waals surface area contributed by atoms with Gasteiger partial charge in [0.1, 0.15) is 6.33 Å². The molecule has 4 heterocycles. The van der Waals surface area contributed by atoms with Gasteiger partial charge in [-0.15, -0.1) is 0 Å². The first-order valence-corrected chi connectivity index (χ1v) is 9.09. The van der Waals surface area contributed by atoms with Crippen LogP contribution < -0.4 is 0 Å². The molecule has 0 spiro atoms. The first-order chi connectivity index (χ1) is 12.7. The Labute approximate surface area is 153 Å². The van der Waals surface area contributed by atoms with E-state index in [9.17, 15) is 0 Å². The molecule has 1 aliphatic rings. The molecule has 0 N–H and O–H groups in total. The highest BCUT2D eigenvalue weighted by molar-refractivity contribution is 5.47. The fraction of sp³-hybridized carbons (Fsp3) is 0.474. The van der Waals surface area contributed by atoms with Gasteiger partial charge in [0.25, 0.3) is 0 Å². The van der Waals surface area contributed by atoms with Crippen LogP contribution in [0.1, 0.15) is 29.1 Å². The average molecular weight is 352 g/mol. The van der Waals surface area contributed by atoms with Gasteiger partial charge in [-0.2, -0.15) is 5.10 Å². The van der Waals surface area contributed by atoms with Crippen LogP contribution in [0.2, 0.25) is 0 Å². The molecule has 136 valence electrons. The molecule has 26 heavy (non-hydrogen) atoms. The zero-order valence-corrected chi connectivity index (χ0v) is 15.3. The number of morpholine rings is 1. The van der Waals surface area contributed by atoms with Crippen LogP contribution in [0.4, 0.5) is 0 Å². The van der Waals surface area contributed by atoms with E-state index in [0.29, 0.717) is 0 Å². The van der Waals surface area contributed by atoms with Crippen molar-refractivity contribution in [2.45, 2.75) is 39.3 Å². The largest absolute Gasteiger partial charge is 0.376 e. The van der Waals surface area contributed by atoms with E-state index in [1.807, 2.05) is 23.7 Å². The number of aromatic nitrogens is 5. The number of rotatable bonds is 5. The number of nitrogens with zero attached hydrogens (tertiary/aromatic N) is 6. The molecule has 0 radical (unpaired) electrons. The Balaban J connectivity index is 1.41. The predicted octanol–water partition coefficient (Wildman–Crippen LogP) is 1.97. The van der Waals surface area contributed by atoms with Crippen LogP contribution in [0, 0.1) is 13.8 Å². The molecular weight excluding hydrogens is 328 g/mol. The first-order valence-electron chi connectivity index (χ1n) is 9.09. The van der Waals surface area contributed by atoms with Crippen molar-refractivity contribution in [3.63, 3.8) is 0 Å². The molecule has 0 aromatic carbocycles. The lowest BCUT2D eigenvalue weighted by Crippen LogP contribution is -2.42.